The van der Waals surface area contributed by atoms with E-state index in [1.54, 1.807) is 0 Å². The first-order valence-corrected chi connectivity index (χ1v) is 8.47. The molecule has 1 aliphatic rings. The first kappa shape index (κ1) is 16.6. The summed E-state index contributed by atoms with van der Waals surface area (Å²) in [4.78, 5) is 11.5. The second-order valence-corrected chi connectivity index (χ2v) is 7.48. The number of nitrogens with one attached hydrogen (secondary N) is 1. The summed E-state index contributed by atoms with van der Waals surface area (Å²) < 4.78 is 26.5. The lowest BCUT2D eigenvalue weighted by Gasteiger charge is -2.31. The number of hydrogen-bond acceptors (Lipinski definition) is 4. The minimum atomic E-state index is -3.68. The van der Waals surface area contributed by atoms with Crippen molar-refractivity contribution in [1.29, 1.82) is 0 Å². The van der Waals surface area contributed by atoms with Gasteiger partial charge in [0.15, 0.2) is 0 Å². The number of nitro benzene ring substituents is 1. The van der Waals surface area contributed by atoms with E-state index in [9.17, 15) is 18.5 Å². The Labute approximate surface area is 130 Å². The molecular formula is C14H20N3O4S+. The molecule has 7 nitrogen and oxygen atoms in total. The van der Waals surface area contributed by atoms with Crippen molar-refractivity contribution in [3.63, 3.8) is 0 Å². The predicted octanol–water partition coefficient (Wildman–Crippen LogP) is 0.0601. The quantitative estimate of drug-likeness (QED) is 0.471. The van der Waals surface area contributed by atoms with E-state index in [2.05, 4.69) is 6.58 Å². The highest BCUT2D eigenvalue weighted by atomic mass is 32.2. The molecule has 0 aromatic heterocycles. The van der Waals surface area contributed by atoms with E-state index in [1.807, 2.05) is 6.92 Å². The molecule has 0 radical (unpaired) electrons. The molecule has 0 amide bonds. The third-order valence-electron chi connectivity index (χ3n) is 3.65. The summed E-state index contributed by atoms with van der Waals surface area (Å²) in [5.74, 6) is 0. The lowest BCUT2D eigenvalue weighted by molar-refractivity contribution is -0.898. The van der Waals surface area contributed by atoms with Crippen molar-refractivity contribution in [1.82, 2.24) is 4.31 Å². The molecule has 0 bridgehead atoms. The Hall–Kier alpha value is -1.77. The highest BCUT2D eigenvalue weighted by Crippen LogP contribution is 2.20. The number of sulfonamides is 1. The van der Waals surface area contributed by atoms with E-state index in [0.717, 1.165) is 18.2 Å². The highest BCUT2D eigenvalue weighted by Gasteiger charge is 2.31. The van der Waals surface area contributed by atoms with Crippen LogP contribution >= 0.6 is 0 Å². The minimum absolute atomic E-state index is 0.0231. The Kier molecular flexibility index (Phi) is 4.94. The van der Waals surface area contributed by atoms with E-state index < -0.39 is 14.9 Å². The maximum atomic E-state index is 12.6. The zero-order chi connectivity index (χ0) is 16.3. The predicted molar refractivity (Wildman–Crippen MR) is 82.2 cm³/mol. The van der Waals surface area contributed by atoms with Gasteiger partial charge in [0.05, 0.1) is 42.5 Å². The number of rotatable bonds is 5. The van der Waals surface area contributed by atoms with Crippen LogP contribution in [0.1, 0.15) is 6.92 Å². The average molecular weight is 326 g/mol. The molecule has 22 heavy (non-hydrogen) atoms. The molecule has 0 spiro atoms. The van der Waals surface area contributed by atoms with Crippen molar-refractivity contribution in [2.24, 2.45) is 0 Å². The fourth-order valence-corrected chi connectivity index (χ4v) is 4.03. The average Bonchev–Trinajstić information content (AvgIpc) is 2.47. The van der Waals surface area contributed by atoms with Gasteiger partial charge in [-0.1, -0.05) is 12.6 Å². The van der Waals surface area contributed by atoms with E-state index >= 15 is 0 Å². The number of piperazine rings is 1. The maximum Gasteiger partial charge on any atom is 0.270 e. The van der Waals surface area contributed by atoms with Crippen molar-refractivity contribution >= 4 is 15.7 Å². The third-order valence-corrected chi connectivity index (χ3v) is 5.54. The van der Waals surface area contributed by atoms with E-state index in [1.165, 1.54) is 27.4 Å². The summed E-state index contributed by atoms with van der Waals surface area (Å²) in [6.07, 6.45) is 0. The van der Waals surface area contributed by atoms with Gasteiger partial charge < -0.3 is 4.90 Å². The summed E-state index contributed by atoms with van der Waals surface area (Å²) >= 11 is 0. The van der Waals surface area contributed by atoms with Gasteiger partial charge in [0.25, 0.3) is 5.69 Å². The Balaban J connectivity index is 2.13. The summed E-state index contributed by atoms with van der Waals surface area (Å²) in [6, 6.07) is 5.19. The normalized spacial score (nSPS) is 17.3. The van der Waals surface area contributed by atoms with Gasteiger partial charge in [0.1, 0.15) is 0 Å². The van der Waals surface area contributed by atoms with Crippen molar-refractivity contribution in [3.8, 4) is 0 Å². The second kappa shape index (κ2) is 6.55. The van der Waals surface area contributed by atoms with Gasteiger partial charge in [-0.25, -0.2) is 8.42 Å². The standard InChI is InChI=1S/C14H19N3O4S/c1-12(2)11-15-6-8-16(9-7-15)22(20,21)14-5-3-4-13(10-14)17(18)19/h3-5,10H,1,6-9,11H2,2H3/p+1. The molecule has 1 aromatic carbocycles. The molecule has 1 aromatic rings. The van der Waals surface area contributed by atoms with Crippen molar-refractivity contribution < 1.29 is 18.2 Å². The van der Waals surface area contributed by atoms with Crippen LogP contribution in [0, 0.1) is 10.1 Å². The number of hydrogen-bond donors (Lipinski definition) is 1. The van der Waals surface area contributed by atoms with Crippen LogP contribution in [0.15, 0.2) is 41.3 Å². The molecule has 120 valence electrons. The van der Waals surface area contributed by atoms with Gasteiger partial charge in [-0.3, -0.25) is 10.1 Å². The number of quaternary nitrogens is 1. The summed E-state index contributed by atoms with van der Waals surface area (Å²) in [5.41, 5.74) is 0.859. The highest BCUT2D eigenvalue weighted by molar-refractivity contribution is 7.89. The van der Waals surface area contributed by atoms with Crippen LogP contribution in [0.5, 0.6) is 0 Å². The van der Waals surface area contributed by atoms with E-state index in [0.29, 0.717) is 26.2 Å². The number of benzene rings is 1. The van der Waals surface area contributed by atoms with Crippen molar-refractivity contribution in [3.05, 3.63) is 46.5 Å². The van der Waals surface area contributed by atoms with Crippen LogP contribution in [0.25, 0.3) is 0 Å². The molecule has 0 atom stereocenters. The summed E-state index contributed by atoms with van der Waals surface area (Å²) in [6.45, 7) is 8.91. The Morgan fingerprint density at radius 1 is 1.41 bits per heavy atom. The minimum Gasteiger partial charge on any atom is -0.329 e. The summed E-state index contributed by atoms with van der Waals surface area (Å²) in [7, 11) is -3.68. The maximum absolute atomic E-state index is 12.6. The van der Waals surface area contributed by atoms with Gasteiger partial charge in [0.2, 0.25) is 10.0 Å². The van der Waals surface area contributed by atoms with Gasteiger partial charge in [-0.2, -0.15) is 4.31 Å². The van der Waals surface area contributed by atoms with Crippen LogP contribution in [0.3, 0.4) is 0 Å². The largest absolute Gasteiger partial charge is 0.329 e. The SMILES string of the molecule is C=C(C)C[NH+]1CCN(S(=O)(=O)c2cccc([N+](=O)[O-])c2)CC1. The fraction of sp³-hybridized carbons (Fsp3) is 0.429. The molecule has 1 N–H and O–H groups in total. The topological polar surface area (TPSA) is 85.0 Å². The zero-order valence-corrected chi connectivity index (χ0v) is 13.3. The smallest absolute Gasteiger partial charge is 0.270 e. The number of nitro groups is 1. The van der Waals surface area contributed by atoms with E-state index in [-0.39, 0.29) is 10.6 Å². The second-order valence-electron chi connectivity index (χ2n) is 5.54. The molecule has 0 unspecified atom stereocenters. The zero-order valence-electron chi connectivity index (χ0n) is 12.5. The van der Waals surface area contributed by atoms with Crippen LogP contribution in [-0.2, 0) is 10.0 Å². The number of nitrogens with zero attached hydrogens (tertiary/aromatic N) is 2. The Morgan fingerprint density at radius 3 is 2.59 bits per heavy atom. The lowest BCUT2D eigenvalue weighted by atomic mass is 10.3. The van der Waals surface area contributed by atoms with Gasteiger partial charge in [-0.05, 0) is 18.6 Å². The molecule has 8 heteroatoms. The van der Waals surface area contributed by atoms with Crippen molar-refractivity contribution in [2.45, 2.75) is 11.8 Å². The van der Waals surface area contributed by atoms with Gasteiger partial charge in [0, 0.05) is 12.1 Å². The molecular weight excluding hydrogens is 306 g/mol. The molecule has 2 rings (SSSR count). The molecule has 0 saturated carbocycles. The first-order chi connectivity index (χ1) is 10.3. The van der Waals surface area contributed by atoms with Crippen LogP contribution in [0.4, 0.5) is 5.69 Å². The molecule has 1 heterocycles. The monoisotopic (exact) mass is 326 g/mol. The summed E-state index contributed by atoms with van der Waals surface area (Å²) in [5, 5.41) is 10.8. The van der Waals surface area contributed by atoms with Crippen LogP contribution < -0.4 is 4.90 Å². The van der Waals surface area contributed by atoms with E-state index in [4.69, 9.17) is 0 Å². The Morgan fingerprint density at radius 2 is 2.05 bits per heavy atom. The Bertz CT molecular complexity index is 679. The molecule has 0 aliphatic carbocycles. The van der Waals surface area contributed by atoms with Gasteiger partial charge >= 0.3 is 0 Å². The number of non-ortho nitro benzene ring substituents is 1. The lowest BCUT2D eigenvalue weighted by Crippen LogP contribution is -3.14. The van der Waals surface area contributed by atoms with Crippen molar-refractivity contribution in [2.75, 3.05) is 32.7 Å². The van der Waals surface area contributed by atoms with Crippen LogP contribution in [-0.4, -0.2) is 50.4 Å². The molecule has 1 saturated heterocycles. The third kappa shape index (κ3) is 3.70. The molecule has 1 fully saturated rings. The van der Waals surface area contributed by atoms with Gasteiger partial charge in [-0.15, -0.1) is 0 Å². The fourth-order valence-electron chi connectivity index (χ4n) is 2.55. The van der Waals surface area contributed by atoms with Crippen LogP contribution in [0.2, 0.25) is 0 Å². The first-order valence-electron chi connectivity index (χ1n) is 7.03. The molecule has 1 aliphatic heterocycles.